The molecule has 0 aromatic carbocycles. The van der Waals surface area contributed by atoms with Crippen molar-refractivity contribution in [3.05, 3.63) is 0 Å². The highest BCUT2D eigenvalue weighted by Crippen LogP contribution is 2.22. The first kappa shape index (κ1) is 14.9. The molecule has 0 saturated carbocycles. The average Bonchev–Trinajstić information content (AvgIpc) is 2.38. The van der Waals surface area contributed by atoms with E-state index in [-0.39, 0.29) is 26.2 Å². The van der Waals surface area contributed by atoms with Crippen LogP contribution >= 0.6 is 0 Å². The van der Waals surface area contributed by atoms with Gasteiger partial charge >= 0.3 is 5.97 Å². The number of amides is 1. The lowest BCUT2D eigenvalue weighted by Gasteiger charge is -2.37. The van der Waals surface area contributed by atoms with Crippen LogP contribution in [-0.4, -0.2) is 53.8 Å². The molecule has 1 aliphatic heterocycles. The van der Waals surface area contributed by atoms with E-state index in [9.17, 15) is 14.8 Å². The Bertz CT molecular complexity index is 311. The topological polar surface area (TPSA) is 85.3 Å². The average molecular weight is 261 g/mol. The van der Waals surface area contributed by atoms with Gasteiger partial charge in [0.25, 0.3) is 5.79 Å². The highest BCUT2D eigenvalue weighted by Gasteiger charge is 2.43. The smallest absolute Gasteiger partial charge is 0.366 e. The maximum absolute atomic E-state index is 11.6. The molecule has 7 heteroatoms. The van der Waals surface area contributed by atoms with Crippen LogP contribution in [0, 0.1) is 0 Å². The van der Waals surface area contributed by atoms with E-state index in [0.717, 1.165) is 0 Å². The van der Waals surface area contributed by atoms with Crippen molar-refractivity contribution in [1.82, 2.24) is 5.06 Å². The van der Waals surface area contributed by atoms with Gasteiger partial charge in [-0.3, -0.25) is 10.0 Å². The molecule has 1 amide bonds. The van der Waals surface area contributed by atoms with Crippen LogP contribution in [0.3, 0.4) is 0 Å². The predicted octanol–water partition coefficient (Wildman–Crippen LogP) is 0.309. The molecule has 1 fully saturated rings. The van der Waals surface area contributed by atoms with Crippen molar-refractivity contribution in [2.45, 2.75) is 39.0 Å². The molecule has 1 rings (SSSR count). The molecule has 0 aromatic heterocycles. The van der Waals surface area contributed by atoms with Gasteiger partial charge in [0.1, 0.15) is 6.04 Å². The molecule has 0 spiro atoms. The van der Waals surface area contributed by atoms with Crippen LogP contribution in [0.4, 0.5) is 0 Å². The van der Waals surface area contributed by atoms with Crippen molar-refractivity contribution < 1.29 is 29.0 Å². The van der Waals surface area contributed by atoms with Crippen LogP contribution < -0.4 is 0 Å². The second-order valence-corrected chi connectivity index (χ2v) is 4.03. The SMILES string of the molecule is CCOC(=O)C1(C)OCC(N(O)C(=O)CC)CO1. The summed E-state index contributed by atoms with van der Waals surface area (Å²) in [5.41, 5.74) is 0. The third kappa shape index (κ3) is 3.18. The lowest BCUT2D eigenvalue weighted by atomic mass is 10.2. The minimum atomic E-state index is -1.47. The predicted molar refractivity (Wildman–Crippen MR) is 59.7 cm³/mol. The van der Waals surface area contributed by atoms with Crippen molar-refractivity contribution in [2.75, 3.05) is 19.8 Å². The van der Waals surface area contributed by atoms with Gasteiger partial charge in [-0.2, -0.15) is 0 Å². The van der Waals surface area contributed by atoms with E-state index < -0.39 is 23.7 Å². The fourth-order valence-electron chi connectivity index (χ4n) is 1.49. The number of nitrogens with zero attached hydrogens (tertiary/aromatic N) is 1. The first-order valence-electron chi connectivity index (χ1n) is 5.90. The lowest BCUT2D eigenvalue weighted by Crippen LogP contribution is -2.55. The number of carbonyl (C=O) groups is 2. The molecule has 0 aromatic rings. The third-order valence-electron chi connectivity index (χ3n) is 2.65. The van der Waals surface area contributed by atoms with E-state index in [0.29, 0.717) is 5.06 Å². The summed E-state index contributed by atoms with van der Waals surface area (Å²) >= 11 is 0. The highest BCUT2D eigenvalue weighted by molar-refractivity contribution is 5.77. The molecular weight excluding hydrogens is 242 g/mol. The summed E-state index contributed by atoms with van der Waals surface area (Å²) in [5, 5.41) is 10.2. The second kappa shape index (κ2) is 6.12. The standard InChI is InChI=1S/C11H19NO6/c1-4-9(13)12(15)8-6-17-11(3,18-7-8)10(14)16-5-2/h8,15H,4-7H2,1-3H3. The number of esters is 1. The minimum absolute atomic E-state index is 0.0115. The van der Waals surface area contributed by atoms with E-state index in [1.165, 1.54) is 6.92 Å². The maximum Gasteiger partial charge on any atom is 0.366 e. The monoisotopic (exact) mass is 261 g/mol. The lowest BCUT2D eigenvalue weighted by molar-refractivity contribution is -0.290. The molecule has 0 unspecified atom stereocenters. The zero-order chi connectivity index (χ0) is 13.8. The molecule has 7 nitrogen and oxygen atoms in total. The molecule has 104 valence electrons. The van der Waals surface area contributed by atoms with Gasteiger partial charge < -0.3 is 14.2 Å². The largest absolute Gasteiger partial charge is 0.462 e. The van der Waals surface area contributed by atoms with Gasteiger partial charge in [0.05, 0.1) is 19.8 Å². The van der Waals surface area contributed by atoms with Crippen molar-refractivity contribution in [3.63, 3.8) is 0 Å². The van der Waals surface area contributed by atoms with E-state index in [4.69, 9.17) is 14.2 Å². The molecule has 0 aliphatic carbocycles. The fourth-order valence-corrected chi connectivity index (χ4v) is 1.49. The first-order chi connectivity index (χ1) is 8.44. The Hall–Kier alpha value is -1.18. The van der Waals surface area contributed by atoms with Gasteiger partial charge in [-0.15, -0.1) is 0 Å². The summed E-state index contributed by atoms with van der Waals surface area (Å²) in [5.74, 6) is -2.51. The summed E-state index contributed by atoms with van der Waals surface area (Å²) < 4.78 is 15.3. The van der Waals surface area contributed by atoms with Crippen LogP contribution in [-0.2, 0) is 23.8 Å². The van der Waals surface area contributed by atoms with E-state index in [1.54, 1.807) is 13.8 Å². The van der Waals surface area contributed by atoms with E-state index in [1.807, 2.05) is 0 Å². The Balaban J connectivity index is 2.54. The molecule has 1 N–H and O–H groups in total. The first-order valence-corrected chi connectivity index (χ1v) is 5.90. The highest BCUT2D eigenvalue weighted by atomic mass is 16.7. The van der Waals surface area contributed by atoms with Crippen LogP contribution in [0.1, 0.15) is 27.2 Å². The number of hydrogen-bond donors (Lipinski definition) is 1. The molecule has 18 heavy (non-hydrogen) atoms. The fraction of sp³-hybridized carbons (Fsp3) is 0.818. The van der Waals surface area contributed by atoms with Gasteiger partial charge in [0.15, 0.2) is 0 Å². The van der Waals surface area contributed by atoms with Crippen LogP contribution in [0.15, 0.2) is 0 Å². The van der Waals surface area contributed by atoms with Crippen molar-refractivity contribution in [2.24, 2.45) is 0 Å². The molecule has 1 aliphatic rings. The Kier molecular flexibility index (Phi) is 5.06. The summed E-state index contributed by atoms with van der Waals surface area (Å²) in [6, 6.07) is -0.611. The number of hydroxylamine groups is 2. The third-order valence-corrected chi connectivity index (χ3v) is 2.65. The van der Waals surface area contributed by atoms with Gasteiger partial charge in [-0.1, -0.05) is 6.92 Å². The number of hydrogen-bond acceptors (Lipinski definition) is 6. The molecule has 0 radical (unpaired) electrons. The molecule has 0 bridgehead atoms. The van der Waals surface area contributed by atoms with Crippen molar-refractivity contribution in [1.29, 1.82) is 0 Å². The van der Waals surface area contributed by atoms with E-state index >= 15 is 0 Å². The molecule has 1 saturated heterocycles. The number of ether oxygens (including phenoxy) is 3. The minimum Gasteiger partial charge on any atom is -0.462 e. The van der Waals surface area contributed by atoms with Gasteiger partial charge in [-0.25, -0.2) is 9.86 Å². The van der Waals surface area contributed by atoms with Crippen molar-refractivity contribution >= 4 is 11.9 Å². The molecule has 1 heterocycles. The van der Waals surface area contributed by atoms with E-state index in [2.05, 4.69) is 0 Å². The Morgan fingerprint density at radius 1 is 1.39 bits per heavy atom. The summed E-state index contributed by atoms with van der Waals surface area (Å²) in [6.45, 7) is 5.02. The van der Waals surface area contributed by atoms with Crippen LogP contribution in [0.5, 0.6) is 0 Å². The van der Waals surface area contributed by atoms with Crippen LogP contribution in [0.2, 0.25) is 0 Å². The normalized spacial score (nSPS) is 27.7. The quantitative estimate of drug-likeness (QED) is 0.445. The van der Waals surface area contributed by atoms with Crippen molar-refractivity contribution in [3.8, 4) is 0 Å². The summed E-state index contributed by atoms with van der Waals surface area (Å²) in [4.78, 5) is 22.9. The Morgan fingerprint density at radius 3 is 2.39 bits per heavy atom. The molecule has 0 atom stereocenters. The Labute approximate surface area is 106 Å². The molecular formula is C11H19NO6. The zero-order valence-corrected chi connectivity index (χ0v) is 10.8. The number of carbonyl (C=O) groups excluding carboxylic acids is 2. The summed E-state index contributed by atoms with van der Waals surface area (Å²) in [6.07, 6.45) is 0.183. The Morgan fingerprint density at radius 2 is 1.94 bits per heavy atom. The zero-order valence-electron chi connectivity index (χ0n) is 10.8. The summed E-state index contributed by atoms with van der Waals surface area (Å²) in [7, 11) is 0. The van der Waals surface area contributed by atoms with Gasteiger partial charge in [0, 0.05) is 13.3 Å². The maximum atomic E-state index is 11.6. The van der Waals surface area contributed by atoms with Crippen LogP contribution in [0.25, 0.3) is 0 Å². The second-order valence-electron chi connectivity index (χ2n) is 4.03. The van der Waals surface area contributed by atoms with Gasteiger partial charge in [-0.05, 0) is 6.92 Å². The number of rotatable bonds is 4. The van der Waals surface area contributed by atoms with Gasteiger partial charge in [0.2, 0.25) is 5.91 Å².